The van der Waals surface area contributed by atoms with Crippen LogP contribution in [-0.4, -0.2) is 17.6 Å². The second-order valence-electron chi connectivity index (χ2n) is 9.93. The fourth-order valence-electron chi connectivity index (χ4n) is 5.29. The molecule has 0 amide bonds. The molecule has 1 aromatic heterocycles. The van der Waals surface area contributed by atoms with E-state index in [1.54, 1.807) is 16.3 Å². The van der Waals surface area contributed by atoms with Gasteiger partial charge in [-0.1, -0.05) is 108 Å². The van der Waals surface area contributed by atoms with Crippen molar-refractivity contribution in [2.45, 2.75) is 30.0 Å². The molecule has 1 aliphatic rings. The lowest BCUT2D eigenvalue weighted by atomic mass is 9.95. The summed E-state index contributed by atoms with van der Waals surface area (Å²) in [6.07, 6.45) is 2.46. The number of thiazole rings is 1. The molecular weight excluding hydrogens is 619 g/mol. The van der Waals surface area contributed by atoms with Crippen LogP contribution < -0.4 is 14.9 Å². The number of ether oxygens (including phenoxy) is 1. The lowest BCUT2D eigenvalue weighted by Gasteiger charge is -2.25. The van der Waals surface area contributed by atoms with E-state index >= 15 is 0 Å². The molecule has 0 fully saturated rings. The quantitative estimate of drug-likeness (QED) is 0.136. The summed E-state index contributed by atoms with van der Waals surface area (Å²) >= 11 is 15.4. The summed E-state index contributed by atoms with van der Waals surface area (Å²) in [5, 5.41) is 3.22. The zero-order valence-corrected chi connectivity index (χ0v) is 26.5. The fourth-order valence-corrected chi connectivity index (χ4v) is 7.62. The zero-order chi connectivity index (χ0) is 30.1. The van der Waals surface area contributed by atoms with Crippen LogP contribution in [0.4, 0.5) is 0 Å². The highest BCUT2D eigenvalue weighted by Gasteiger charge is 2.33. The Balaban J connectivity index is 1.45. The Morgan fingerprint density at radius 3 is 2.47 bits per heavy atom. The number of aromatic nitrogens is 1. The zero-order valence-electron chi connectivity index (χ0n) is 23.3. The predicted molar refractivity (Wildman–Crippen MR) is 177 cm³/mol. The number of fused-ring (bicyclic) bond motifs is 2. The van der Waals surface area contributed by atoms with Gasteiger partial charge in [0.2, 0.25) is 0 Å². The molecule has 0 saturated carbocycles. The second-order valence-corrected chi connectivity index (χ2v) is 12.8. The van der Waals surface area contributed by atoms with E-state index in [4.69, 9.17) is 32.9 Å². The van der Waals surface area contributed by atoms with Crippen molar-refractivity contribution in [1.29, 1.82) is 0 Å². The maximum atomic E-state index is 14.1. The topological polar surface area (TPSA) is 60.7 Å². The molecule has 5 nitrogen and oxygen atoms in total. The average molecular weight is 646 g/mol. The fraction of sp³-hybridized carbons (Fsp3) is 0.147. The van der Waals surface area contributed by atoms with Crippen molar-refractivity contribution in [3.8, 4) is 0 Å². The number of benzene rings is 4. The molecule has 0 aliphatic carbocycles. The van der Waals surface area contributed by atoms with E-state index in [0.29, 0.717) is 37.1 Å². The van der Waals surface area contributed by atoms with Gasteiger partial charge in [-0.2, -0.15) is 0 Å². The van der Waals surface area contributed by atoms with Crippen LogP contribution >= 0.6 is 46.3 Å². The van der Waals surface area contributed by atoms with Crippen LogP contribution in [0.5, 0.6) is 0 Å². The minimum atomic E-state index is -0.626. The second kappa shape index (κ2) is 12.5. The van der Waals surface area contributed by atoms with Gasteiger partial charge in [-0.15, -0.1) is 11.8 Å². The van der Waals surface area contributed by atoms with Gasteiger partial charge in [0.05, 0.1) is 39.0 Å². The lowest BCUT2D eigenvalue weighted by Crippen LogP contribution is -2.40. The third kappa shape index (κ3) is 5.70. The van der Waals surface area contributed by atoms with Crippen LogP contribution in [0.1, 0.15) is 36.1 Å². The Hall–Kier alpha value is -3.62. The maximum absolute atomic E-state index is 14.1. The summed E-state index contributed by atoms with van der Waals surface area (Å²) in [6, 6.07) is 26.9. The number of hydrogen-bond acceptors (Lipinski definition) is 6. The first-order chi connectivity index (χ1) is 20.9. The highest BCUT2D eigenvalue weighted by Crippen LogP contribution is 2.34. The summed E-state index contributed by atoms with van der Waals surface area (Å²) in [6.45, 7) is 1.95. The monoisotopic (exact) mass is 644 g/mol. The first kappa shape index (κ1) is 29.5. The van der Waals surface area contributed by atoms with E-state index in [1.165, 1.54) is 18.4 Å². The molecule has 0 saturated heterocycles. The minimum absolute atomic E-state index is 0.198. The van der Waals surface area contributed by atoms with E-state index < -0.39 is 12.0 Å². The molecule has 1 atom stereocenters. The Morgan fingerprint density at radius 2 is 1.74 bits per heavy atom. The van der Waals surface area contributed by atoms with Crippen LogP contribution in [0, 0.1) is 0 Å². The molecule has 0 N–H and O–H groups in total. The predicted octanol–water partition coefficient (Wildman–Crippen LogP) is 7.55. The van der Waals surface area contributed by atoms with Crippen molar-refractivity contribution in [2.75, 3.05) is 7.11 Å². The van der Waals surface area contributed by atoms with Gasteiger partial charge in [-0.3, -0.25) is 9.36 Å². The van der Waals surface area contributed by atoms with Gasteiger partial charge < -0.3 is 4.74 Å². The van der Waals surface area contributed by atoms with Gasteiger partial charge in [0, 0.05) is 10.6 Å². The van der Waals surface area contributed by atoms with Crippen LogP contribution in [0.3, 0.4) is 0 Å². The standard InChI is InChI=1S/C34H26Cl2N2O3S2/c1-3-27-30(33(40)41-2)31(21-9-5-4-6-10-21)38-32(39)29(43-34(38)37-27)18-22-14-16-28(24-12-8-7-11-23(22)24)42-19-20-13-15-25(35)26(36)17-20/h4-18,31H,3,19H2,1-2H3/b29-18-/t31-/m1/s1. The van der Waals surface area contributed by atoms with E-state index in [2.05, 4.69) is 18.2 Å². The number of thioether (sulfide) groups is 1. The van der Waals surface area contributed by atoms with Gasteiger partial charge in [0.15, 0.2) is 4.80 Å². The lowest BCUT2D eigenvalue weighted by molar-refractivity contribution is -0.136. The van der Waals surface area contributed by atoms with Gasteiger partial charge in [0.25, 0.3) is 5.56 Å². The van der Waals surface area contributed by atoms with Crippen LogP contribution in [0.2, 0.25) is 10.0 Å². The van der Waals surface area contributed by atoms with Crippen molar-refractivity contribution < 1.29 is 9.53 Å². The van der Waals surface area contributed by atoms with Crippen LogP contribution in [-0.2, 0) is 15.3 Å². The molecule has 5 aromatic rings. The van der Waals surface area contributed by atoms with Crippen molar-refractivity contribution in [3.05, 3.63) is 143 Å². The number of hydrogen-bond donors (Lipinski definition) is 0. The molecule has 9 heteroatoms. The summed E-state index contributed by atoms with van der Waals surface area (Å²) in [7, 11) is 1.35. The normalized spacial score (nSPS) is 15.0. The number of rotatable bonds is 7. The van der Waals surface area contributed by atoms with E-state index in [1.807, 2.05) is 79.7 Å². The first-order valence-corrected chi connectivity index (χ1v) is 16.2. The highest BCUT2D eigenvalue weighted by molar-refractivity contribution is 7.98. The van der Waals surface area contributed by atoms with Gasteiger partial charge in [0.1, 0.15) is 0 Å². The summed E-state index contributed by atoms with van der Waals surface area (Å²) in [5.41, 5.74) is 3.66. The molecular formula is C34H26Cl2N2O3S2. The van der Waals surface area contributed by atoms with Gasteiger partial charge in [-0.05, 0) is 58.2 Å². The minimum Gasteiger partial charge on any atom is -0.466 e. The number of nitrogens with zero attached hydrogens (tertiary/aromatic N) is 2. The van der Waals surface area contributed by atoms with Crippen LogP contribution in [0.15, 0.2) is 111 Å². The molecule has 1 aliphatic heterocycles. The van der Waals surface area contributed by atoms with Crippen LogP contribution in [0.25, 0.3) is 16.8 Å². The molecule has 43 heavy (non-hydrogen) atoms. The van der Waals surface area contributed by atoms with E-state index in [0.717, 1.165) is 38.1 Å². The largest absolute Gasteiger partial charge is 0.466 e. The maximum Gasteiger partial charge on any atom is 0.338 e. The molecule has 0 bridgehead atoms. The third-order valence-electron chi connectivity index (χ3n) is 7.35. The summed E-state index contributed by atoms with van der Waals surface area (Å²) < 4.78 is 7.33. The van der Waals surface area contributed by atoms with E-state index in [-0.39, 0.29) is 5.56 Å². The molecule has 0 unspecified atom stereocenters. The molecule has 2 heterocycles. The molecule has 0 radical (unpaired) electrons. The summed E-state index contributed by atoms with van der Waals surface area (Å²) in [5.74, 6) is 0.254. The number of halogens is 2. The number of carbonyl (C=O) groups is 1. The number of carbonyl (C=O) groups excluding carboxylic acids is 1. The van der Waals surface area contributed by atoms with Crippen molar-refractivity contribution in [2.24, 2.45) is 4.99 Å². The summed E-state index contributed by atoms with van der Waals surface area (Å²) in [4.78, 5) is 33.5. The van der Waals surface area contributed by atoms with Gasteiger partial charge in [-0.25, -0.2) is 9.79 Å². The van der Waals surface area contributed by atoms with Crippen molar-refractivity contribution >= 4 is 69.1 Å². The highest BCUT2D eigenvalue weighted by atomic mass is 35.5. The molecule has 0 spiro atoms. The number of esters is 1. The van der Waals surface area contributed by atoms with Crippen molar-refractivity contribution in [3.63, 3.8) is 0 Å². The Bertz CT molecular complexity index is 2080. The number of allylic oxidation sites excluding steroid dienone is 1. The average Bonchev–Trinajstić information content (AvgIpc) is 3.35. The smallest absolute Gasteiger partial charge is 0.338 e. The molecule has 6 rings (SSSR count). The first-order valence-electron chi connectivity index (χ1n) is 13.7. The Labute approximate surface area is 266 Å². The van der Waals surface area contributed by atoms with Crippen molar-refractivity contribution in [1.82, 2.24) is 4.57 Å². The van der Waals surface area contributed by atoms with Gasteiger partial charge >= 0.3 is 5.97 Å². The molecule has 4 aromatic carbocycles. The SMILES string of the molecule is CCC1=C(C(=O)OC)[C@@H](c2ccccc2)n2c(s/c(=C\c3ccc(SCc4ccc(Cl)c(Cl)c4)c4ccccc34)c2=O)=N1. The number of methoxy groups -OCH3 is 1. The molecule has 216 valence electrons. The Kier molecular flexibility index (Phi) is 8.59. The Morgan fingerprint density at radius 1 is 1.00 bits per heavy atom. The third-order valence-corrected chi connectivity index (χ3v) is 10.2. The van der Waals surface area contributed by atoms with E-state index in [9.17, 15) is 9.59 Å².